The van der Waals surface area contributed by atoms with Gasteiger partial charge in [-0.1, -0.05) is 12.1 Å². The molecule has 2 rings (SSSR count). The summed E-state index contributed by atoms with van der Waals surface area (Å²) >= 11 is 0. The van der Waals surface area contributed by atoms with Crippen LogP contribution in [0.1, 0.15) is 22.5 Å². The van der Waals surface area contributed by atoms with Crippen molar-refractivity contribution in [2.24, 2.45) is 7.05 Å². The molecule has 1 aromatic carbocycles. The lowest BCUT2D eigenvalue weighted by atomic mass is 9.98. The van der Waals surface area contributed by atoms with Crippen LogP contribution in [0.4, 0.5) is 0 Å². The van der Waals surface area contributed by atoms with Gasteiger partial charge in [0.05, 0.1) is 12.8 Å². The fraction of sp³-hybridized carbons (Fsp3) is 0.471. The Morgan fingerprint density at radius 3 is 2.62 bits per heavy atom. The molecular formula is C17H25N3O. The Morgan fingerprint density at radius 1 is 1.29 bits per heavy atom. The predicted octanol–water partition coefficient (Wildman–Crippen LogP) is 2.42. The molecular weight excluding hydrogens is 262 g/mol. The zero-order chi connectivity index (χ0) is 15.4. The van der Waals surface area contributed by atoms with E-state index in [2.05, 4.69) is 36.4 Å². The molecule has 114 valence electrons. The van der Waals surface area contributed by atoms with Crippen molar-refractivity contribution in [3.63, 3.8) is 0 Å². The van der Waals surface area contributed by atoms with Gasteiger partial charge in [0.15, 0.2) is 0 Å². The largest absolute Gasteiger partial charge is 0.497 e. The molecule has 0 spiro atoms. The van der Waals surface area contributed by atoms with Gasteiger partial charge < -0.3 is 10.1 Å². The third kappa shape index (κ3) is 3.64. The van der Waals surface area contributed by atoms with E-state index in [1.54, 1.807) is 7.11 Å². The molecule has 0 bridgehead atoms. The number of ether oxygens (including phenoxy) is 1. The maximum atomic E-state index is 5.30. The first-order valence-electron chi connectivity index (χ1n) is 7.34. The second-order valence-electron chi connectivity index (χ2n) is 5.52. The minimum Gasteiger partial charge on any atom is -0.497 e. The third-order valence-electron chi connectivity index (χ3n) is 4.13. The Hall–Kier alpha value is -1.81. The number of benzene rings is 1. The van der Waals surface area contributed by atoms with Crippen LogP contribution in [0.15, 0.2) is 24.3 Å². The fourth-order valence-corrected chi connectivity index (χ4v) is 2.72. The molecule has 1 N–H and O–H groups in total. The van der Waals surface area contributed by atoms with E-state index in [1.165, 1.54) is 16.8 Å². The molecule has 1 heterocycles. The molecule has 0 saturated heterocycles. The molecule has 1 unspecified atom stereocenters. The number of aryl methyl sites for hydroxylation is 2. The Balaban J connectivity index is 2.13. The van der Waals surface area contributed by atoms with Gasteiger partial charge in [0.25, 0.3) is 0 Å². The summed E-state index contributed by atoms with van der Waals surface area (Å²) in [7, 11) is 5.73. The van der Waals surface area contributed by atoms with Crippen molar-refractivity contribution in [1.29, 1.82) is 0 Å². The van der Waals surface area contributed by atoms with Crippen LogP contribution in [-0.2, 0) is 19.9 Å². The average Bonchev–Trinajstić information content (AvgIpc) is 2.73. The smallest absolute Gasteiger partial charge is 0.119 e. The van der Waals surface area contributed by atoms with Crippen LogP contribution >= 0.6 is 0 Å². The molecule has 0 amide bonds. The topological polar surface area (TPSA) is 39.1 Å². The summed E-state index contributed by atoms with van der Waals surface area (Å²) in [4.78, 5) is 0. The summed E-state index contributed by atoms with van der Waals surface area (Å²) in [5, 5.41) is 7.92. The van der Waals surface area contributed by atoms with Crippen LogP contribution < -0.4 is 10.1 Å². The van der Waals surface area contributed by atoms with E-state index in [0.29, 0.717) is 6.04 Å². The first-order valence-corrected chi connectivity index (χ1v) is 7.34. The van der Waals surface area contributed by atoms with Gasteiger partial charge in [-0.05, 0) is 57.0 Å². The highest BCUT2D eigenvalue weighted by molar-refractivity contribution is 5.30. The number of nitrogens with zero attached hydrogens (tertiary/aromatic N) is 2. The van der Waals surface area contributed by atoms with Crippen molar-refractivity contribution in [2.75, 3.05) is 14.2 Å². The molecule has 0 aliphatic heterocycles. The van der Waals surface area contributed by atoms with E-state index in [1.807, 2.05) is 30.9 Å². The minimum absolute atomic E-state index is 0.388. The van der Waals surface area contributed by atoms with Crippen molar-refractivity contribution < 1.29 is 4.74 Å². The predicted molar refractivity (Wildman–Crippen MR) is 85.9 cm³/mol. The molecule has 0 fully saturated rings. The summed E-state index contributed by atoms with van der Waals surface area (Å²) in [6, 6.07) is 8.66. The highest BCUT2D eigenvalue weighted by atomic mass is 16.5. The molecule has 0 saturated carbocycles. The quantitative estimate of drug-likeness (QED) is 0.887. The molecule has 0 aliphatic rings. The highest BCUT2D eigenvalue weighted by Gasteiger charge is 2.15. The van der Waals surface area contributed by atoms with Gasteiger partial charge in [0.1, 0.15) is 5.75 Å². The first-order chi connectivity index (χ1) is 10.0. The summed E-state index contributed by atoms with van der Waals surface area (Å²) in [6.45, 7) is 4.22. The molecule has 0 radical (unpaired) electrons. The van der Waals surface area contributed by atoms with Crippen LogP contribution in [0.2, 0.25) is 0 Å². The van der Waals surface area contributed by atoms with Crippen molar-refractivity contribution in [3.05, 3.63) is 46.8 Å². The fourth-order valence-electron chi connectivity index (χ4n) is 2.72. The van der Waals surface area contributed by atoms with Crippen molar-refractivity contribution >= 4 is 0 Å². The van der Waals surface area contributed by atoms with Crippen LogP contribution in [0.3, 0.4) is 0 Å². The molecule has 0 aliphatic carbocycles. The van der Waals surface area contributed by atoms with Crippen LogP contribution in [0.25, 0.3) is 0 Å². The normalized spacial score (nSPS) is 12.4. The number of hydrogen-bond acceptors (Lipinski definition) is 3. The van der Waals surface area contributed by atoms with Gasteiger partial charge in [0, 0.05) is 18.8 Å². The lowest BCUT2D eigenvalue weighted by Gasteiger charge is -2.17. The number of aromatic nitrogens is 2. The summed E-state index contributed by atoms with van der Waals surface area (Å²) in [5.74, 6) is 0.913. The standard InChI is InChI=1S/C17H25N3O/c1-12-17(13(2)20(4)19-12)11-15(18-3)9-14-7-6-8-16(10-14)21-5/h6-8,10,15,18H,9,11H2,1-5H3. The van der Waals surface area contributed by atoms with Crippen LogP contribution in [0, 0.1) is 13.8 Å². The van der Waals surface area contributed by atoms with Gasteiger partial charge >= 0.3 is 0 Å². The Morgan fingerprint density at radius 2 is 2.05 bits per heavy atom. The van der Waals surface area contributed by atoms with Gasteiger partial charge in [-0.25, -0.2) is 0 Å². The minimum atomic E-state index is 0.388. The molecule has 2 aromatic rings. The lowest BCUT2D eigenvalue weighted by Crippen LogP contribution is -2.30. The second kappa shape index (κ2) is 6.76. The van der Waals surface area contributed by atoms with Gasteiger partial charge in [0.2, 0.25) is 0 Å². The first kappa shape index (κ1) is 15.6. The molecule has 1 atom stereocenters. The van der Waals surface area contributed by atoms with E-state index >= 15 is 0 Å². The monoisotopic (exact) mass is 287 g/mol. The average molecular weight is 287 g/mol. The number of methoxy groups -OCH3 is 1. The zero-order valence-electron chi connectivity index (χ0n) is 13.6. The SMILES string of the molecule is CNC(Cc1cccc(OC)c1)Cc1c(C)nn(C)c1C. The molecule has 4 heteroatoms. The van der Waals surface area contributed by atoms with E-state index < -0.39 is 0 Å². The summed E-state index contributed by atoms with van der Waals surface area (Å²) in [6.07, 6.45) is 1.96. The Labute approximate surface area is 127 Å². The highest BCUT2D eigenvalue weighted by Crippen LogP contribution is 2.18. The maximum Gasteiger partial charge on any atom is 0.119 e. The Kier molecular flexibility index (Phi) is 5.02. The molecule has 1 aromatic heterocycles. The number of likely N-dealkylation sites (N-methyl/N-ethyl adjacent to an activating group) is 1. The van der Waals surface area contributed by atoms with E-state index in [9.17, 15) is 0 Å². The third-order valence-corrected chi connectivity index (χ3v) is 4.13. The van der Waals surface area contributed by atoms with Crippen LogP contribution in [-0.4, -0.2) is 30.0 Å². The van der Waals surface area contributed by atoms with Gasteiger partial charge in [-0.15, -0.1) is 0 Å². The van der Waals surface area contributed by atoms with E-state index in [4.69, 9.17) is 4.74 Å². The van der Waals surface area contributed by atoms with Crippen molar-refractivity contribution in [2.45, 2.75) is 32.7 Å². The number of rotatable bonds is 6. The Bertz CT molecular complexity index is 604. The molecule has 21 heavy (non-hydrogen) atoms. The summed E-state index contributed by atoms with van der Waals surface area (Å²) in [5.41, 5.74) is 5.01. The van der Waals surface area contributed by atoms with Crippen molar-refractivity contribution in [1.82, 2.24) is 15.1 Å². The lowest BCUT2D eigenvalue weighted by molar-refractivity contribution is 0.414. The van der Waals surface area contributed by atoms with E-state index in [0.717, 1.165) is 24.3 Å². The summed E-state index contributed by atoms with van der Waals surface area (Å²) < 4.78 is 7.26. The number of nitrogens with one attached hydrogen (secondary N) is 1. The maximum absolute atomic E-state index is 5.30. The van der Waals surface area contributed by atoms with Crippen molar-refractivity contribution in [3.8, 4) is 5.75 Å². The number of hydrogen-bond donors (Lipinski definition) is 1. The van der Waals surface area contributed by atoms with E-state index in [-0.39, 0.29) is 0 Å². The molecule has 4 nitrogen and oxygen atoms in total. The van der Waals surface area contributed by atoms with Gasteiger partial charge in [-0.2, -0.15) is 5.10 Å². The van der Waals surface area contributed by atoms with Crippen LogP contribution in [0.5, 0.6) is 5.75 Å². The van der Waals surface area contributed by atoms with Gasteiger partial charge in [-0.3, -0.25) is 4.68 Å². The zero-order valence-corrected chi connectivity index (χ0v) is 13.6. The second-order valence-corrected chi connectivity index (χ2v) is 5.52.